The van der Waals surface area contributed by atoms with Crippen LogP contribution in [-0.2, 0) is 9.59 Å². The number of carbonyl (C=O) groups is 3. The minimum Gasteiger partial charge on any atom is -0.478 e. The average Bonchev–Trinajstić information content (AvgIpc) is 2.63. The summed E-state index contributed by atoms with van der Waals surface area (Å²) in [5.41, 5.74) is 1.21. The van der Waals surface area contributed by atoms with Crippen molar-refractivity contribution < 1.29 is 19.5 Å². The molecular formula is C19H24N2O4. The van der Waals surface area contributed by atoms with Gasteiger partial charge in [0.25, 0.3) is 0 Å². The Morgan fingerprint density at radius 3 is 2.48 bits per heavy atom. The topological polar surface area (TPSA) is 77.9 Å². The largest absolute Gasteiger partial charge is 0.478 e. The first-order valence-electron chi connectivity index (χ1n) is 8.94. The summed E-state index contributed by atoms with van der Waals surface area (Å²) >= 11 is 0. The molecule has 0 atom stereocenters. The van der Waals surface area contributed by atoms with Gasteiger partial charge in [-0.05, 0) is 43.2 Å². The highest BCUT2D eigenvalue weighted by atomic mass is 16.4. The van der Waals surface area contributed by atoms with Gasteiger partial charge < -0.3 is 14.9 Å². The summed E-state index contributed by atoms with van der Waals surface area (Å²) in [6.07, 6.45) is 3.93. The zero-order valence-corrected chi connectivity index (χ0v) is 14.3. The summed E-state index contributed by atoms with van der Waals surface area (Å²) in [5, 5.41) is 9.34. The molecule has 0 spiro atoms. The predicted octanol–water partition coefficient (Wildman–Crippen LogP) is 2.10. The number of carboxylic acids is 1. The van der Waals surface area contributed by atoms with Gasteiger partial charge in [-0.3, -0.25) is 9.59 Å². The maximum Gasteiger partial charge on any atom is 0.335 e. The second kappa shape index (κ2) is 7.68. The normalized spacial score (nSPS) is 19.1. The van der Waals surface area contributed by atoms with Gasteiger partial charge in [0.15, 0.2) is 0 Å². The van der Waals surface area contributed by atoms with Gasteiger partial charge in [-0.25, -0.2) is 4.79 Å². The fourth-order valence-electron chi connectivity index (χ4n) is 3.78. The lowest BCUT2D eigenvalue weighted by Crippen LogP contribution is -2.46. The van der Waals surface area contributed by atoms with Gasteiger partial charge in [0.05, 0.1) is 12.1 Å². The summed E-state index contributed by atoms with van der Waals surface area (Å²) in [4.78, 5) is 39.2. The molecule has 0 saturated carbocycles. The molecule has 0 aliphatic carbocycles. The van der Waals surface area contributed by atoms with E-state index in [2.05, 4.69) is 0 Å². The van der Waals surface area contributed by atoms with E-state index < -0.39 is 5.97 Å². The van der Waals surface area contributed by atoms with E-state index in [-0.39, 0.29) is 24.3 Å². The number of rotatable bonds is 4. The highest BCUT2D eigenvalue weighted by molar-refractivity contribution is 5.89. The zero-order chi connectivity index (χ0) is 17.8. The predicted molar refractivity (Wildman–Crippen MR) is 92.4 cm³/mol. The van der Waals surface area contributed by atoms with E-state index in [0.717, 1.165) is 31.2 Å². The van der Waals surface area contributed by atoms with E-state index in [1.807, 2.05) is 17.0 Å². The van der Waals surface area contributed by atoms with Crippen LogP contribution in [0.3, 0.4) is 0 Å². The number of carboxylic acid groups (broad SMARTS) is 1. The maximum absolute atomic E-state index is 12.5. The standard InChI is InChI=1S/C19H24N2O4/c22-17-7-3-4-10-21(17)13-18(23)20-11-8-14(9-12-20)15-5-1-2-6-16(15)19(24)25/h1-2,5-6,14H,3-4,7-13H2,(H,24,25). The molecule has 3 rings (SSSR count). The first kappa shape index (κ1) is 17.5. The van der Waals surface area contributed by atoms with E-state index in [4.69, 9.17) is 0 Å². The highest BCUT2D eigenvalue weighted by Gasteiger charge is 2.28. The smallest absolute Gasteiger partial charge is 0.335 e. The molecule has 1 N–H and O–H groups in total. The first-order chi connectivity index (χ1) is 12.1. The fraction of sp³-hybridized carbons (Fsp3) is 0.526. The molecule has 1 aromatic carbocycles. The monoisotopic (exact) mass is 344 g/mol. The number of nitrogens with zero attached hydrogens (tertiary/aromatic N) is 2. The van der Waals surface area contributed by atoms with E-state index in [1.165, 1.54) is 0 Å². The van der Waals surface area contributed by atoms with Crippen molar-refractivity contribution in [2.45, 2.75) is 38.0 Å². The van der Waals surface area contributed by atoms with Crippen LogP contribution in [0.4, 0.5) is 0 Å². The molecule has 2 aliphatic rings. The number of piperidine rings is 2. The molecule has 0 unspecified atom stereocenters. The Morgan fingerprint density at radius 2 is 1.80 bits per heavy atom. The zero-order valence-electron chi connectivity index (χ0n) is 14.3. The van der Waals surface area contributed by atoms with Crippen molar-refractivity contribution in [1.82, 2.24) is 9.80 Å². The summed E-state index contributed by atoms with van der Waals surface area (Å²) in [5.74, 6) is -0.671. The number of aromatic carboxylic acids is 1. The van der Waals surface area contributed by atoms with Crippen LogP contribution in [0.15, 0.2) is 24.3 Å². The molecule has 6 nitrogen and oxygen atoms in total. The second-order valence-corrected chi connectivity index (χ2v) is 6.82. The molecule has 134 valence electrons. The number of hydrogen-bond donors (Lipinski definition) is 1. The van der Waals surface area contributed by atoms with Gasteiger partial charge in [-0.2, -0.15) is 0 Å². The van der Waals surface area contributed by atoms with Crippen LogP contribution in [0.5, 0.6) is 0 Å². The maximum atomic E-state index is 12.5. The molecule has 2 heterocycles. The quantitative estimate of drug-likeness (QED) is 0.907. The van der Waals surface area contributed by atoms with E-state index in [1.54, 1.807) is 17.0 Å². The van der Waals surface area contributed by atoms with Gasteiger partial charge in [0.2, 0.25) is 11.8 Å². The van der Waals surface area contributed by atoms with E-state index in [9.17, 15) is 19.5 Å². The van der Waals surface area contributed by atoms with Crippen molar-refractivity contribution >= 4 is 17.8 Å². The molecule has 0 radical (unpaired) electrons. The van der Waals surface area contributed by atoms with Gasteiger partial charge in [0, 0.05) is 26.1 Å². The van der Waals surface area contributed by atoms with Crippen LogP contribution in [-0.4, -0.2) is 58.9 Å². The Kier molecular flexibility index (Phi) is 5.36. The number of carbonyl (C=O) groups excluding carboxylic acids is 2. The Hall–Kier alpha value is -2.37. The number of hydrogen-bond acceptors (Lipinski definition) is 3. The van der Waals surface area contributed by atoms with Crippen molar-refractivity contribution in [2.24, 2.45) is 0 Å². The van der Waals surface area contributed by atoms with Crippen LogP contribution < -0.4 is 0 Å². The number of likely N-dealkylation sites (tertiary alicyclic amines) is 2. The third-order valence-corrected chi connectivity index (χ3v) is 5.23. The summed E-state index contributed by atoms with van der Waals surface area (Å²) in [6, 6.07) is 7.11. The summed E-state index contributed by atoms with van der Waals surface area (Å²) < 4.78 is 0. The molecule has 2 amide bonds. The average molecular weight is 344 g/mol. The van der Waals surface area contributed by atoms with Crippen LogP contribution in [0.25, 0.3) is 0 Å². The lowest BCUT2D eigenvalue weighted by molar-refractivity contribution is -0.142. The summed E-state index contributed by atoms with van der Waals surface area (Å²) in [7, 11) is 0. The molecule has 2 saturated heterocycles. The Bertz CT molecular complexity index is 665. The van der Waals surface area contributed by atoms with Crippen LogP contribution in [0.2, 0.25) is 0 Å². The molecule has 2 aliphatic heterocycles. The molecule has 2 fully saturated rings. The number of amides is 2. The molecule has 6 heteroatoms. The summed E-state index contributed by atoms with van der Waals surface area (Å²) in [6.45, 7) is 2.07. The van der Waals surface area contributed by atoms with Crippen molar-refractivity contribution in [3.8, 4) is 0 Å². The van der Waals surface area contributed by atoms with Gasteiger partial charge in [-0.15, -0.1) is 0 Å². The van der Waals surface area contributed by atoms with Crippen molar-refractivity contribution in [3.63, 3.8) is 0 Å². The van der Waals surface area contributed by atoms with Crippen LogP contribution in [0, 0.1) is 0 Å². The third-order valence-electron chi connectivity index (χ3n) is 5.23. The lowest BCUT2D eigenvalue weighted by atomic mass is 9.86. The van der Waals surface area contributed by atoms with E-state index >= 15 is 0 Å². The van der Waals surface area contributed by atoms with E-state index in [0.29, 0.717) is 31.6 Å². The van der Waals surface area contributed by atoms with Crippen molar-refractivity contribution in [3.05, 3.63) is 35.4 Å². The van der Waals surface area contributed by atoms with Crippen molar-refractivity contribution in [2.75, 3.05) is 26.2 Å². The van der Waals surface area contributed by atoms with Gasteiger partial charge in [0.1, 0.15) is 0 Å². The van der Waals surface area contributed by atoms with Crippen LogP contribution in [0.1, 0.15) is 53.9 Å². The minimum absolute atomic E-state index is 0.000203. The Morgan fingerprint density at radius 1 is 1.08 bits per heavy atom. The second-order valence-electron chi connectivity index (χ2n) is 6.82. The molecule has 1 aromatic rings. The third kappa shape index (κ3) is 4.00. The van der Waals surface area contributed by atoms with Crippen LogP contribution >= 0.6 is 0 Å². The first-order valence-corrected chi connectivity index (χ1v) is 8.94. The lowest BCUT2D eigenvalue weighted by Gasteiger charge is -2.35. The fourth-order valence-corrected chi connectivity index (χ4v) is 3.78. The minimum atomic E-state index is -0.905. The van der Waals surface area contributed by atoms with Gasteiger partial charge >= 0.3 is 5.97 Å². The Labute approximate surface area is 147 Å². The number of benzene rings is 1. The molecule has 0 aromatic heterocycles. The van der Waals surface area contributed by atoms with Gasteiger partial charge in [-0.1, -0.05) is 18.2 Å². The molecular weight excluding hydrogens is 320 g/mol. The highest BCUT2D eigenvalue weighted by Crippen LogP contribution is 2.30. The SMILES string of the molecule is O=C(O)c1ccccc1C1CCN(C(=O)CN2CCCCC2=O)CC1. The Balaban J connectivity index is 1.57. The molecule has 25 heavy (non-hydrogen) atoms. The van der Waals surface area contributed by atoms with Crippen molar-refractivity contribution in [1.29, 1.82) is 0 Å². The molecule has 0 bridgehead atoms.